The van der Waals surface area contributed by atoms with E-state index >= 15 is 0 Å². The van der Waals surface area contributed by atoms with Crippen LogP contribution in [0.15, 0.2) is 0 Å². The van der Waals surface area contributed by atoms with E-state index in [1.54, 1.807) is 4.68 Å². The molecular weight excluding hydrogens is 140 g/mol. The molecule has 0 bridgehead atoms. The number of aromatic nitrogens is 3. The van der Waals surface area contributed by atoms with E-state index in [4.69, 9.17) is 5.26 Å². The first kappa shape index (κ1) is 7.73. The van der Waals surface area contributed by atoms with E-state index in [0.717, 1.165) is 17.8 Å². The van der Waals surface area contributed by atoms with Gasteiger partial charge in [-0.3, -0.25) is 4.68 Å². The first-order chi connectivity index (χ1) is 5.29. The maximum atomic E-state index is 8.42. The first-order valence-electron chi connectivity index (χ1n) is 3.54. The minimum absolute atomic E-state index is 0.358. The van der Waals surface area contributed by atoms with Crippen molar-refractivity contribution in [2.45, 2.75) is 19.8 Å². The maximum absolute atomic E-state index is 8.42. The number of rotatable bonds is 2. The maximum Gasteiger partial charge on any atom is 0.0999 e. The summed E-state index contributed by atoms with van der Waals surface area (Å²) in [6.45, 7) is 2.03. The van der Waals surface area contributed by atoms with E-state index in [1.807, 2.05) is 14.0 Å². The molecule has 0 radical (unpaired) electrons. The Balaban J connectivity index is 2.97. The van der Waals surface area contributed by atoms with Crippen molar-refractivity contribution >= 4 is 0 Å². The van der Waals surface area contributed by atoms with Crippen LogP contribution in [0.3, 0.4) is 0 Å². The van der Waals surface area contributed by atoms with Crippen LogP contribution in [0.1, 0.15) is 18.3 Å². The van der Waals surface area contributed by atoms with Crippen LogP contribution in [-0.4, -0.2) is 15.0 Å². The van der Waals surface area contributed by atoms with Crippen LogP contribution < -0.4 is 0 Å². The van der Waals surface area contributed by atoms with Crippen LogP contribution in [0.4, 0.5) is 0 Å². The highest BCUT2D eigenvalue weighted by molar-refractivity contribution is 5.13. The molecule has 0 amide bonds. The number of nitrogens with zero attached hydrogens (tertiary/aromatic N) is 4. The minimum atomic E-state index is 0.358. The lowest BCUT2D eigenvalue weighted by molar-refractivity contribution is 0.682. The molecule has 1 rings (SSSR count). The van der Waals surface area contributed by atoms with Gasteiger partial charge in [0.05, 0.1) is 23.9 Å². The molecule has 4 heteroatoms. The third-order valence-electron chi connectivity index (χ3n) is 1.60. The zero-order valence-corrected chi connectivity index (χ0v) is 6.70. The molecule has 1 heterocycles. The standard InChI is InChI=1S/C7H10N4/c1-3-7-6(4-5-8)9-10-11(7)2/h3-4H2,1-2H3. The molecule has 1 aromatic rings. The molecular formula is C7H10N4. The van der Waals surface area contributed by atoms with Crippen molar-refractivity contribution in [1.82, 2.24) is 15.0 Å². The van der Waals surface area contributed by atoms with Crippen molar-refractivity contribution in [2.24, 2.45) is 7.05 Å². The van der Waals surface area contributed by atoms with Gasteiger partial charge in [-0.25, -0.2) is 0 Å². The molecule has 0 saturated carbocycles. The van der Waals surface area contributed by atoms with Crippen LogP contribution in [0, 0.1) is 11.3 Å². The molecule has 0 N–H and O–H groups in total. The zero-order chi connectivity index (χ0) is 8.27. The Labute approximate surface area is 65.4 Å². The van der Waals surface area contributed by atoms with Gasteiger partial charge < -0.3 is 0 Å². The monoisotopic (exact) mass is 150 g/mol. The van der Waals surface area contributed by atoms with Crippen molar-refractivity contribution in [3.05, 3.63) is 11.4 Å². The van der Waals surface area contributed by atoms with E-state index in [1.165, 1.54) is 0 Å². The van der Waals surface area contributed by atoms with Gasteiger partial charge in [0, 0.05) is 7.05 Å². The molecule has 0 saturated heterocycles. The Morgan fingerprint density at radius 1 is 1.64 bits per heavy atom. The lowest BCUT2D eigenvalue weighted by atomic mass is 10.2. The quantitative estimate of drug-likeness (QED) is 0.614. The predicted molar refractivity (Wildman–Crippen MR) is 39.7 cm³/mol. The van der Waals surface area contributed by atoms with Crippen LogP contribution in [0.5, 0.6) is 0 Å². The van der Waals surface area contributed by atoms with Crippen molar-refractivity contribution in [2.75, 3.05) is 0 Å². The molecule has 58 valence electrons. The number of hydrogen-bond donors (Lipinski definition) is 0. The summed E-state index contributed by atoms with van der Waals surface area (Å²) >= 11 is 0. The van der Waals surface area contributed by atoms with Crippen LogP contribution >= 0.6 is 0 Å². The van der Waals surface area contributed by atoms with E-state index in [9.17, 15) is 0 Å². The third kappa shape index (κ3) is 1.37. The van der Waals surface area contributed by atoms with E-state index in [-0.39, 0.29) is 0 Å². The highest BCUT2D eigenvalue weighted by Gasteiger charge is 2.06. The van der Waals surface area contributed by atoms with Crippen LogP contribution in [-0.2, 0) is 19.9 Å². The smallest absolute Gasteiger partial charge is 0.0999 e. The summed E-state index contributed by atoms with van der Waals surface area (Å²) in [5.41, 5.74) is 1.85. The molecule has 1 aromatic heterocycles. The fourth-order valence-electron chi connectivity index (χ4n) is 1.06. The van der Waals surface area contributed by atoms with E-state index in [0.29, 0.717) is 6.42 Å². The van der Waals surface area contributed by atoms with Crippen molar-refractivity contribution in [3.63, 3.8) is 0 Å². The van der Waals surface area contributed by atoms with Gasteiger partial charge in [0.15, 0.2) is 0 Å². The molecule has 0 atom stereocenters. The van der Waals surface area contributed by atoms with Gasteiger partial charge in [0.2, 0.25) is 0 Å². The largest absolute Gasteiger partial charge is 0.252 e. The summed E-state index contributed by atoms with van der Waals surface area (Å²) in [7, 11) is 1.84. The summed E-state index contributed by atoms with van der Waals surface area (Å²) in [5.74, 6) is 0. The second-order valence-corrected chi connectivity index (χ2v) is 2.29. The SMILES string of the molecule is CCc1c(CC#N)nnn1C. The average Bonchev–Trinajstić information content (AvgIpc) is 2.33. The number of nitriles is 1. The van der Waals surface area contributed by atoms with Gasteiger partial charge in [-0.15, -0.1) is 5.10 Å². The summed E-state index contributed by atoms with van der Waals surface area (Å²) in [6.07, 6.45) is 1.23. The molecule has 0 fully saturated rings. The lowest BCUT2D eigenvalue weighted by Crippen LogP contribution is -1.98. The normalized spacial score (nSPS) is 9.55. The van der Waals surface area contributed by atoms with Gasteiger partial charge in [0.25, 0.3) is 0 Å². The summed E-state index contributed by atoms with van der Waals surface area (Å²) in [4.78, 5) is 0. The van der Waals surface area contributed by atoms with E-state index in [2.05, 4.69) is 16.4 Å². The van der Waals surface area contributed by atoms with Crippen molar-refractivity contribution < 1.29 is 0 Å². The first-order valence-corrected chi connectivity index (χ1v) is 3.54. The molecule has 0 spiro atoms. The molecule has 0 unspecified atom stereocenters. The molecule has 4 nitrogen and oxygen atoms in total. The lowest BCUT2D eigenvalue weighted by Gasteiger charge is -1.95. The summed E-state index contributed by atoms with van der Waals surface area (Å²) < 4.78 is 1.71. The van der Waals surface area contributed by atoms with Crippen LogP contribution in [0.2, 0.25) is 0 Å². The second kappa shape index (κ2) is 3.15. The predicted octanol–water partition coefficient (Wildman–Crippen LogP) is 0.444. The number of hydrogen-bond acceptors (Lipinski definition) is 3. The highest BCUT2D eigenvalue weighted by atomic mass is 15.4. The van der Waals surface area contributed by atoms with E-state index < -0.39 is 0 Å². The fourth-order valence-corrected chi connectivity index (χ4v) is 1.06. The van der Waals surface area contributed by atoms with Crippen LogP contribution in [0.25, 0.3) is 0 Å². The Morgan fingerprint density at radius 2 is 2.36 bits per heavy atom. The molecule has 0 aliphatic heterocycles. The van der Waals surface area contributed by atoms with Crippen molar-refractivity contribution in [3.8, 4) is 6.07 Å². The van der Waals surface area contributed by atoms with Gasteiger partial charge in [-0.1, -0.05) is 12.1 Å². The van der Waals surface area contributed by atoms with Gasteiger partial charge in [-0.2, -0.15) is 5.26 Å². The van der Waals surface area contributed by atoms with Gasteiger partial charge in [0.1, 0.15) is 0 Å². The second-order valence-electron chi connectivity index (χ2n) is 2.29. The Hall–Kier alpha value is -1.37. The van der Waals surface area contributed by atoms with Gasteiger partial charge in [-0.05, 0) is 6.42 Å². The topological polar surface area (TPSA) is 54.5 Å². The Morgan fingerprint density at radius 3 is 2.91 bits per heavy atom. The average molecular weight is 150 g/mol. The zero-order valence-electron chi connectivity index (χ0n) is 6.70. The fraction of sp³-hybridized carbons (Fsp3) is 0.571. The van der Waals surface area contributed by atoms with Gasteiger partial charge >= 0.3 is 0 Å². The molecule has 0 aliphatic rings. The highest BCUT2D eigenvalue weighted by Crippen LogP contribution is 2.04. The molecule has 11 heavy (non-hydrogen) atoms. The van der Waals surface area contributed by atoms with Crippen molar-refractivity contribution in [1.29, 1.82) is 5.26 Å². The number of aryl methyl sites for hydroxylation is 1. The Bertz CT molecular complexity index is 281. The minimum Gasteiger partial charge on any atom is -0.252 e. The molecule has 0 aromatic carbocycles. The summed E-state index contributed by atoms with van der Waals surface area (Å²) in [5, 5.41) is 16.1. The summed E-state index contributed by atoms with van der Waals surface area (Å²) in [6, 6.07) is 2.06. The Kier molecular flexibility index (Phi) is 2.21. The molecule has 0 aliphatic carbocycles. The third-order valence-corrected chi connectivity index (χ3v) is 1.60.